The zero-order valence-electron chi connectivity index (χ0n) is 9.27. The second-order valence-electron chi connectivity index (χ2n) is 3.62. The fourth-order valence-electron chi connectivity index (χ4n) is 1.54. The van der Waals surface area contributed by atoms with Gasteiger partial charge in [-0.1, -0.05) is 25.1 Å². The Morgan fingerprint density at radius 1 is 1.38 bits per heavy atom. The summed E-state index contributed by atoms with van der Waals surface area (Å²) < 4.78 is 9.89. The van der Waals surface area contributed by atoms with Gasteiger partial charge in [0.15, 0.2) is 0 Å². The monoisotopic (exact) mass is 235 g/mol. The van der Waals surface area contributed by atoms with Gasteiger partial charge in [0, 0.05) is 18.4 Å². The first-order chi connectivity index (χ1) is 7.68. The summed E-state index contributed by atoms with van der Waals surface area (Å²) in [5, 5.41) is 0. The summed E-state index contributed by atoms with van der Waals surface area (Å²) in [6.07, 6.45) is 0.603. The highest BCUT2D eigenvalue weighted by Crippen LogP contribution is 2.38. The summed E-state index contributed by atoms with van der Waals surface area (Å²) in [7, 11) is 0. The van der Waals surface area contributed by atoms with Crippen LogP contribution in [0.25, 0.3) is 0 Å². The number of hydrogen-bond donors (Lipinski definition) is 0. The van der Waals surface area contributed by atoms with E-state index < -0.39 is 4.93 Å². The summed E-state index contributed by atoms with van der Waals surface area (Å²) in [4.78, 5) is 11.1. The van der Waals surface area contributed by atoms with Gasteiger partial charge >= 0.3 is 0 Å². The van der Waals surface area contributed by atoms with Crippen LogP contribution < -0.4 is 4.74 Å². The lowest BCUT2D eigenvalue weighted by atomic mass is 10.1. The highest BCUT2D eigenvalue weighted by Gasteiger charge is 2.46. The lowest BCUT2D eigenvalue weighted by Gasteiger charge is -2.24. The van der Waals surface area contributed by atoms with Gasteiger partial charge in [0.05, 0.1) is 5.71 Å². The fraction of sp³-hybridized carbons (Fsp3) is 0.333. The Kier molecular flexibility index (Phi) is 3.01. The molecule has 0 saturated heterocycles. The van der Waals surface area contributed by atoms with Gasteiger partial charge in [-0.2, -0.15) is 0 Å². The summed E-state index contributed by atoms with van der Waals surface area (Å²) in [6.45, 7) is 3.66. The van der Waals surface area contributed by atoms with E-state index in [1.54, 1.807) is 6.92 Å². The van der Waals surface area contributed by atoms with Gasteiger partial charge in [-0.15, -0.1) is 0 Å². The van der Waals surface area contributed by atoms with Crippen LogP contribution in [0.3, 0.4) is 0 Å². The maximum Gasteiger partial charge on any atom is 0.238 e. The Hall–Kier alpha value is -1.29. The minimum absolute atomic E-state index is 0.0242. The Morgan fingerprint density at radius 2 is 2.06 bits per heavy atom. The van der Waals surface area contributed by atoms with Gasteiger partial charge in [-0.05, 0) is 19.1 Å². The average molecular weight is 235 g/mol. The van der Waals surface area contributed by atoms with Gasteiger partial charge in [0.1, 0.15) is 5.75 Å². The predicted molar refractivity (Wildman–Crippen MR) is 65.8 cm³/mol. The third kappa shape index (κ3) is 1.85. The molecular weight excluding hydrogens is 222 g/mol. The van der Waals surface area contributed by atoms with Crippen molar-refractivity contribution in [2.45, 2.75) is 25.2 Å². The van der Waals surface area contributed by atoms with Gasteiger partial charge in [0.25, 0.3) is 0 Å². The van der Waals surface area contributed by atoms with Crippen LogP contribution in [0.15, 0.2) is 34.7 Å². The molecule has 1 atom stereocenters. The van der Waals surface area contributed by atoms with Crippen molar-refractivity contribution in [3.63, 3.8) is 0 Å². The zero-order chi connectivity index (χ0) is 11.6. The van der Waals surface area contributed by atoms with Crippen LogP contribution in [0.1, 0.15) is 20.3 Å². The number of carbonyl (C=O) groups excluding carboxylic acids is 1. The molecule has 1 aromatic carbocycles. The summed E-state index contributed by atoms with van der Waals surface area (Å²) in [5.41, 5.74) is 0.530. The van der Waals surface area contributed by atoms with Crippen LogP contribution in [0, 0.1) is 0 Å². The third-order valence-electron chi connectivity index (χ3n) is 2.50. The second kappa shape index (κ2) is 4.29. The molecule has 0 N–H and O–H groups in total. The SMILES string of the molecule is CCC1(Oc2ccccc2)SN=C(C)C1=O. The van der Waals surface area contributed by atoms with Crippen LogP contribution in [-0.4, -0.2) is 16.4 Å². The maximum atomic E-state index is 12.0. The van der Waals surface area contributed by atoms with E-state index in [1.165, 1.54) is 11.9 Å². The van der Waals surface area contributed by atoms with Crippen LogP contribution in [-0.2, 0) is 4.79 Å². The molecule has 0 fully saturated rings. The first-order valence-electron chi connectivity index (χ1n) is 5.19. The molecule has 0 spiro atoms. The minimum Gasteiger partial charge on any atom is -0.467 e. The lowest BCUT2D eigenvalue weighted by Crippen LogP contribution is -2.40. The van der Waals surface area contributed by atoms with Crippen molar-refractivity contribution in [1.82, 2.24) is 0 Å². The standard InChI is InChI=1S/C12H13NO2S/c1-3-12(11(14)9(2)13-16-12)15-10-7-5-4-6-8-10/h4-8H,3H2,1-2H3. The highest BCUT2D eigenvalue weighted by molar-refractivity contribution is 8.01. The topological polar surface area (TPSA) is 38.7 Å². The highest BCUT2D eigenvalue weighted by atomic mass is 32.2. The van der Waals surface area contributed by atoms with E-state index in [2.05, 4.69) is 4.40 Å². The molecular formula is C12H13NO2S. The minimum atomic E-state index is -0.856. The van der Waals surface area contributed by atoms with E-state index in [-0.39, 0.29) is 5.78 Å². The Morgan fingerprint density at radius 3 is 2.56 bits per heavy atom. The number of carbonyl (C=O) groups is 1. The molecule has 1 unspecified atom stereocenters. The smallest absolute Gasteiger partial charge is 0.238 e. The molecule has 0 bridgehead atoms. The molecule has 0 amide bonds. The molecule has 0 aliphatic carbocycles. The van der Waals surface area contributed by atoms with E-state index in [1.807, 2.05) is 37.3 Å². The van der Waals surface area contributed by atoms with Crippen molar-refractivity contribution in [2.24, 2.45) is 4.40 Å². The number of ether oxygens (including phenoxy) is 1. The van der Waals surface area contributed by atoms with Gasteiger partial charge in [0.2, 0.25) is 10.7 Å². The number of Topliss-reactive ketones (excluding diaryl/α,β-unsaturated/α-hetero) is 1. The number of hydrogen-bond acceptors (Lipinski definition) is 4. The average Bonchev–Trinajstić information content (AvgIpc) is 2.60. The molecule has 2 rings (SSSR count). The van der Waals surface area contributed by atoms with E-state index >= 15 is 0 Å². The van der Waals surface area contributed by atoms with E-state index in [9.17, 15) is 4.79 Å². The van der Waals surface area contributed by atoms with Crippen molar-refractivity contribution in [2.75, 3.05) is 0 Å². The molecule has 1 heterocycles. The van der Waals surface area contributed by atoms with Gasteiger partial charge in [-0.25, -0.2) is 4.40 Å². The van der Waals surface area contributed by atoms with Crippen molar-refractivity contribution in [3.8, 4) is 5.75 Å². The Bertz CT molecular complexity index is 430. The zero-order valence-corrected chi connectivity index (χ0v) is 10.1. The number of para-hydroxylation sites is 1. The summed E-state index contributed by atoms with van der Waals surface area (Å²) in [5.74, 6) is 0.680. The van der Waals surface area contributed by atoms with E-state index in [0.29, 0.717) is 17.9 Å². The first-order valence-corrected chi connectivity index (χ1v) is 5.97. The summed E-state index contributed by atoms with van der Waals surface area (Å²) >= 11 is 1.22. The number of benzene rings is 1. The third-order valence-corrected chi connectivity index (χ3v) is 3.71. The molecule has 16 heavy (non-hydrogen) atoms. The largest absolute Gasteiger partial charge is 0.467 e. The van der Waals surface area contributed by atoms with Crippen LogP contribution in [0.2, 0.25) is 0 Å². The molecule has 0 aromatic heterocycles. The van der Waals surface area contributed by atoms with Gasteiger partial charge in [-0.3, -0.25) is 4.79 Å². The molecule has 0 radical (unpaired) electrons. The second-order valence-corrected chi connectivity index (χ2v) is 4.64. The molecule has 1 aliphatic rings. The van der Waals surface area contributed by atoms with Crippen LogP contribution in [0.5, 0.6) is 5.75 Å². The molecule has 84 valence electrons. The Labute approximate surface area is 99.0 Å². The Balaban J connectivity index is 2.22. The van der Waals surface area contributed by atoms with Crippen molar-refractivity contribution in [3.05, 3.63) is 30.3 Å². The summed E-state index contributed by atoms with van der Waals surface area (Å²) in [6, 6.07) is 9.38. The molecule has 1 aliphatic heterocycles. The maximum absolute atomic E-state index is 12.0. The molecule has 4 heteroatoms. The van der Waals surface area contributed by atoms with Crippen molar-refractivity contribution >= 4 is 23.4 Å². The number of rotatable bonds is 3. The number of ketones is 1. The van der Waals surface area contributed by atoms with Crippen LogP contribution >= 0.6 is 11.9 Å². The van der Waals surface area contributed by atoms with E-state index in [4.69, 9.17) is 4.74 Å². The molecule has 3 nitrogen and oxygen atoms in total. The van der Waals surface area contributed by atoms with Crippen LogP contribution in [0.4, 0.5) is 0 Å². The lowest BCUT2D eigenvalue weighted by molar-refractivity contribution is -0.121. The normalized spacial score (nSPS) is 24.4. The number of nitrogens with zero attached hydrogens (tertiary/aromatic N) is 1. The molecule has 0 saturated carbocycles. The first kappa shape index (κ1) is 11.2. The molecule has 1 aromatic rings. The quantitative estimate of drug-likeness (QED) is 0.756. The van der Waals surface area contributed by atoms with Crippen molar-refractivity contribution in [1.29, 1.82) is 0 Å². The predicted octanol–water partition coefficient (Wildman–Crippen LogP) is 2.86. The van der Waals surface area contributed by atoms with E-state index in [0.717, 1.165) is 0 Å². The van der Waals surface area contributed by atoms with Gasteiger partial charge < -0.3 is 4.74 Å². The fourth-order valence-corrected chi connectivity index (χ4v) is 2.40. The van der Waals surface area contributed by atoms with Crippen molar-refractivity contribution < 1.29 is 9.53 Å².